The van der Waals surface area contributed by atoms with Crippen molar-refractivity contribution in [1.82, 2.24) is 10.2 Å². The van der Waals surface area contributed by atoms with E-state index in [1.165, 1.54) is 34.2 Å². The highest BCUT2D eigenvalue weighted by Gasteiger charge is 2.42. The van der Waals surface area contributed by atoms with E-state index in [1.54, 1.807) is 0 Å². The number of fused-ring (bicyclic) bond motifs is 4. The Bertz CT molecular complexity index is 973. The second-order valence-electron chi connectivity index (χ2n) is 10.7. The molecule has 1 amide bonds. The highest BCUT2D eigenvalue weighted by Crippen LogP contribution is 2.46. The fraction of sp³-hybridized carbons (Fsp3) is 0.536. The Hall–Kier alpha value is -2.33. The van der Waals surface area contributed by atoms with Crippen molar-refractivity contribution < 1.29 is 9.53 Å². The van der Waals surface area contributed by atoms with Crippen LogP contribution in [-0.2, 0) is 17.6 Å². The number of carbonyl (C=O) groups excluding carboxylic acids is 1. The lowest BCUT2D eigenvalue weighted by atomic mass is 9.85. The van der Waals surface area contributed by atoms with E-state index in [0.717, 1.165) is 45.3 Å². The quantitative estimate of drug-likeness (QED) is 0.654. The lowest BCUT2D eigenvalue weighted by Gasteiger charge is -2.44. The maximum atomic E-state index is 12.9. The molecule has 2 bridgehead atoms. The van der Waals surface area contributed by atoms with E-state index in [0.29, 0.717) is 5.92 Å². The lowest BCUT2D eigenvalue weighted by molar-refractivity contribution is -0.0348. The average Bonchev–Trinajstić information content (AvgIpc) is 3.04. The second kappa shape index (κ2) is 8.55. The largest absolute Gasteiger partial charge is 0.445 e. The standard InChI is InChI=1S/C28H36N2O2/c1-4-5-19-6-8-20(9-7-19)22-10-11-24-23(16-22)17-28(2,3)26(24)29-27(31)32-25-18-30-14-12-21(25)13-15-30/h6-11,16,21,25-26H,4-5,12-15,17-18H2,1-3H3,(H,29,31)/t25-,26-/m0/s1. The first kappa shape index (κ1) is 21.5. The number of nitrogens with one attached hydrogen (secondary N) is 1. The minimum atomic E-state index is -0.259. The van der Waals surface area contributed by atoms with E-state index < -0.39 is 0 Å². The summed E-state index contributed by atoms with van der Waals surface area (Å²) < 4.78 is 5.93. The maximum Gasteiger partial charge on any atom is 0.407 e. The molecule has 1 aliphatic carbocycles. The van der Waals surface area contributed by atoms with E-state index in [1.807, 2.05) is 0 Å². The molecule has 2 aromatic carbocycles. The van der Waals surface area contributed by atoms with Crippen LogP contribution in [0.15, 0.2) is 42.5 Å². The van der Waals surface area contributed by atoms with E-state index in [-0.39, 0.29) is 23.7 Å². The number of carbonyl (C=O) groups is 1. The van der Waals surface area contributed by atoms with Gasteiger partial charge in [-0.1, -0.05) is 69.7 Å². The molecular weight excluding hydrogens is 396 g/mol. The van der Waals surface area contributed by atoms with Crippen LogP contribution in [0.1, 0.15) is 62.8 Å². The zero-order valence-corrected chi connectivity index (χ0v) is 19.7. The molecule has 6 rings (SSSR count). The Morgan fingerprint density at radius 2 is 1.81 bits per heavy atom. The number of piperidine rings is 3. The summed E-state index contributed by atoms with van der Waals surface area (Å²) in [5.41, 5.74) is 6.41. The van der Waals surface area contributed by atoms with Gasteiger partial charge in [0.15, 0.2) is 0 Å². The summed E-state index contributed by atoms with van der Waals surface area (Å²) in [6, 6.07) is 15.6. The van der Waals surface area contributed by atoms with Crippen molar-refractivity contribution in [3.05, 3.63) is 59.2 Å². The molecule has 4 aliphatic rings. The minimum absolute atomic E-state index is 0.0212. The van der Waals surface area contributed by atoms with Gasteiger partial charge in [0.05, 0.1) is 6.04 Å². The monoisotopic (exact) mass is 432 g/mol. The topological polar surface area (TPSA) is 41.6 Å². The van der Waals surface area contributed by atoms with Gasteiger partial charge in [0, 0.05) is 6.54 Å². The molecule has 1 N–H and O–H groups in total. The van der Waals surface area contributed by atoms with E-state index in [4.69, 9.17) is 4.74 Å². The van der Waals surface area contributed by atoms with Gasteiger partial charge in [0.25, 0.3) is 0 Å². The van der Waals surface area contributed by atoms with Crippen LogP contribution in [-0.4, -0.2) is 36.7 Å². The third kappa shape index (κ3) is 4.17. The number of ether oxygens (including phenoxy) is 1. The van der Waals surface area contributed by atoms with Crippen molar-refractivity contribution >= 4 is 6.09 Å². The predicted molar refractivity (Wildman–Crippen MR) is 129 cm³/mol. The SMILES string of the molecule is CCCc1ccc(-c2ccc3c(c2)CC(C)(C)[C@H]3NC(=O)O[C@H]2CN3CCC2CC3)cc1. The number of nitrogens with zero attached hydrogens (tertiary/aromatic N) is 1. The molecule has 3 fully saturated rings. The molecule has 3 heterocycles. The van der Waals surface area contributed by atoms with Gasteiger partial charge < -0.3 is 10.1 Å². The first-order chi connectivity index (χ1) is 15.4. The summed E-state index contributed by atoms with van der Waals surface area (Å²) >= 11 is 0. The molecule has 3 aliphatic heterocycles. The van der Waals surface area contributed by atoms with Gasteiger partial charge in [-0.2, -0.15) is 0 Å². The number of hydrogen-bond acceptors (Lipinski definition) is 3. The van der Waals surface area contributed by atoms with Crippen molar-refractivity contribution in [2.45, 2.75) is 65.0 Å². The first-order valence-electron chi connectivity index (χ1n) is 12.3. The molecular formula is C28H36N2O2. The third-order valence-corrected chi connectivity index (χ3v) is 7.82. The van der Waals surface area contributed by atoms with E-state index >= 15 is 0 Å². The van der Waals surface area contributed by atoms with Crippen molar-refractivity contribution in [3.63, 3.8) is 0 Å². The summed E-state index contributed by atoms with van der Waals surface area (Å²) in [7, 11) is 0. The molecule has 2 aromatic rings. The highest BCUT2D eigenvalue weighted by molar-refractivity contribution is 5.70. The van der Waals surface area contributed by atoms with Crippen LogP contribution in [0.5, 0.6) is 0 Å². The van der Waals surface area contributed by atoms with Crippen LogP contribution < -0.4 is 5.32 Å². The second-order valence-corrected chi connectivity index (χ2v) is 10.7. The Morgan fingerprint density at radius 3 is 2.47 bits per heavy atom. The predicted octanol–water partition coefficient (Wildman–Crippen LogP) is 5.75. The molecule has 32 heavy (non-hydrogen) atoms. The van der Waals surface area contributed by atoms with Crippen LogP contribution in [0.3, 0.4) is 0 Å². The Kier molecular flexibility index (Phi) is 5.75. The van der Waals surface area contributed by atoms with Gasteiger partial charge in [-0.15, -0.1) is 0 Å². The van der Waals surface area contributed by atoms with Gasteiger partial charge >= 0.3 is 6.09 Å². The third-order valence-electron chi connectivity index (χ3n) is 7.82. The van der Waals surface area contributed by atoms with Crippen molar-refractivity contribution in [1.29, 1.82) is 0 Å². The molecule has 0 unspecified atom stereocenters. The van der Waals surface area contributed by atoms with Crippen LogP contribution in [0.2, 0.25) is 0 Å². The molecule has 0 radical (unpaired) electrons. The van der Waals surface area contributed by atoms with Gasteiger partial charge in [-0.3, -0.25) is 4.90 Å². The molecule has 0 spiro atoms. The Morgan fingerprint density at radius 1 is 1.09 bits per heavy atom. The molecule has 0 saturated carbocycles. The van der Waals surface area contributed by atoms with Crippen molar-refractivity contribution in [2.75, 3.05) is 19.6 Å². The zero-order chi connectivity index (χ0) is 22.3. The number of rotatable bonds is 5. The van der Waals surface area contributed by atoms with E-state index in [2.05, 4.69) is 73.5 Å². The van der Waals surface area contributed by atoms with Gasteiger partial charge in [-0.25, -0.2) is 4.79 Å². The molecule has 170 valence electrons. The Labute approximate surface area is 192 Å². The molecule has 4 nitrogen and oxygen atoms in total. The summed E-state index contributed by atoms with van der Waals surface area (Å²) in [6.07, 6.45) is 5.33. The normalized spacial score (nSPS) is 27.7. The van der Waals surface area contributed by atoms with Gasteiger partial charge in [-0.05, 0) is 77.9 Å². The smallest absolute Gasteiger partial charge is 0.407 e. The molecule has 2 atom stereocenters. The number of benzene rings is 2. The maximum absolute atomic E-state index is 12.9. The van der Waals surface area contributed by atoms with Gasteiger partial charge in [0.2, 0.25) is 0 Å². The summed E-state index contributed by atoms with van der Waals surface area (Å²) in [4.78, 5) is 15.3. The van der Waals surface area contributed by atoms with E-state index in [9.17, 15) is 4.79 Å². The molecule has 0 aromatic heterocycles. The van der Waals surface area contributed by atoms with Crippen LogP contribution in [0.25, 0.3) is 11.1 Å². The van der Waals surface area contributed by atoms with Crippen LogP contribution >= 0.6 is 0 Å². The fourth-order valence-electron chi connectivity index (χ4n) is 5.99. The highest BCUT2D eigenvalue weighted by atomic mass is 16.6. The van der Waals surface area contributed by atoms with Crippen LogP contribution in [0, 0.1) is 11.3 Å². The lowest BCUT2D eigenvalue weighted by Crippen LogP contribution is -2.53. The summed E-state index contributed by atoms with van der Waals surface area (Å²) in [5.74, 6) is 0.529. The summed E-state index contributed by atoms with van der Waals surface area (Å²) in [5, 5.41) is 3.23. The number of amides is 1. The van der Waals surface area contributed by atoms with Gasteiger partial charge in [0.1, 0.15) is 6.10 Å². The summed E-state index contributed by atoms with van der Waals surface area (Å²) in [6.45, 7) is 9.89. The molecule has 4 heteroatoms. The van der Waals surface area contributed by atoms with Crippen molar-refractivity contribution in [3.8, 4) is 11.1 Å². The average molecular weight is 433 g/mol. The zero-order valence-electron chi connectivity index (χ0n) is 19.7. The first-order valence-corrected chi connectivity index (χ1v) is 12.3. The fourth-order valence-corrected chi connectivity index (χ4v) is 5.99. The molecule has 3 saturated heterocycles. The Balaban J connectivity index is 1.30. The number of aryl methyl sites for hydroxylation is 1. The van der Waals surface area contributed by atoms with Crippen molar-refractivity contribution in [2.24, 2.45) is 11.3 Å². The number of hydrogen-bond donors (Lipinski definition) is 1. The minimum Gasteiger partial charge on any atom is -0.445 e. The van der Waals surface area contributed by atoms with Crippen LogP contribution in [0.4, 0.5) is 4.79 Å². The number of alkyl carbamates (subject to hydrolysis) is 1.